The Morgan fingerprint density at radius 3 is 2.33 bits per heavy atom. The maximum Gasteiger partial charge on any atom is 0.188 e. The summed E-state index contributed by atoms with van der Waals surface area (Å²) >= 11 is 0. The third kappa shape index (κ3) is 9.55. The zero-order chi connectivity index (χ0) is 15.0. The van der Waals surface area contributed by atoms with Gasteiger partial charge in [-0.15, -0.1) is 24.0 Å². The van der Waals surface area contributed by atoms with Gasteiger partial charge in [0.25, 0.3) is 0 Å². The molecule has 0 heterocycles. The van der Waals surface area contributed by atoms with Gasteiger partial charge in [0.15, 0.2) is 5.96 Å². The number of ether oxygens (including phenoxy) is 1. The van der Waals surface area contributed by atoms with Crippen molar-refractivity contribution in [2.45, 2.75) is 40.2 Å². The van der Waals surface area contributed by atoms with E-state index in [0.717, 1.165) is 18.8 Å². The number of hydrogen-bond donors (Lipinski definition) is 2. The largest absolute Gasteiger partial charge is 0.493 e. The molecule has 0 bridgehead atoms. The molecule has 0 aromatic heterocycles. The predicted octanol–water partition coefficient (Wildman–Crippen LogP) is 3.19. The van der Waals surface area contributed by atoms with E-state index in [-0.39, 0.29) is 24.0 Å². The van der Waals surface area contributed by atoms with Crippen molar-refractivity contribution in [3.8, 4) is 5.75 Å². The molecule has 4 nitrogen and oxygen atoms in total. The van der Waals surface area contributed by atoms with E-state index in [1.54, 1.807) is 0 Å². The van der Waals surface area contributed by atoms with Crippen LogP contribution in [0, 0.1) is 5.92 Å². The Kier molecular flexibility index (Phi) is 10.2. The van der Waals surface area contributed by atoms with Crippen molar-refractivity contribution in [1.82, 2.24) is 5.32 Å². The van der Waals surface area contributed by atoms with Crippen molar-refractivity contribution in [2.24, 2.45) is 16.6 Å². The van der Waals surface area contributed by atoms with E-state index in [1.807, 2.05) is 26.0 Å². The normalized spacial score (nSPS) is 11.4. The van der Waals surface area contributed by atoms with E-state index in [2.05, 4.69) is 36.3 Å². The van der Waals surface area contributed by atoms with Gasteiger partial charge in [-0.1, -0.05) is 26.0 Å². The smallest absolute Gasteiger partial charge is 0.188 e. The summed E-state index contributed by atoms with van der Waals surface area (Å²) in [6.07, 6.45) is 0.880. The van der Waals surface area contributed by atoms with Gasteiger partial charge < -0.3 is 15.8 Å². The quantitative estimate of drug-likeness (QED) is 0.416. The molecule has 0 spiro atoms. The molecule has 0 fully saturated rings. The fourth-order valence-electron chi connectivity index (χ4n) is 1.66. The average molecular weight is 405 g/mol. The molecular formula is C16H28IN3O. The number of rotatable bonds is 7. The molecular weight excluding hydrogens is 377 g/mol. The summed E-state index contributed by atoms with van der Waals surface area (Å²) in [6, 6.07) is 8.50. The van der Waals surface area contributed by atoms with Crippen molar-refractivity contribution in [1.29, 1.82) is 0 Å². The Bertz CT molecular complexity index is 416. The Labute approximate surface area is 145 Å². The molecule has 1 rings (SSSR count). The lowest BCUT2D eigenvalue weighted by Gasteiger charge is -2.09. The third-order valence-electron chi connectivity index (χ3n) is 2.63. The lowest BCUT2D eigenvalue weighted by molar-refractivity contribution is 0.271. The summed E-state index contributed by atoms with van der Waals surface area (Å²) in [5, 5.41) is 3.07. The van der Waals surface area contributed by atoms with Crippen molar-refractivity contribution < 1.29 is 4.74 Å². The van der Waals surface area contributed by atoms with E-state index in [0.29, 0.717) is 24.5 Å². The standard InChI is InChI=1S/C16H27N3O.HI/c1-12(2)11-20-15-7-5-14(6-8-15)9-10-18-16(17)19-13(3)4;/h5-8,12-13H,9-11H2,1-4H3,(H3,17,18,19);1H. The highest BCUT2D eigenvalue weighted by Crippen LogP contribution is 2.13. The molecule has 0 unspecified atom stereocenters. The highest BCUT2D eigenvalue weighted by molar-refractivity contribution is 14.0. The maximum absolute atomic E-state index is 5.75. The van der Waals surface area contributed by atoms with Gasteiger partial charge in [-0.05, 0) is 43.9 Å². The molecule has 5 heteroatoms. The first-order valence-corrected chi connectivity index (χ1v) is 7.25. The predicted molar refractivity (Wildman–Crippen MR) is 101 cm³/mol. The number of nitrogens with two attached hydrogens (primary N) is 1. The summed E-state index contributed by atoms with van der Waals surface area (Å²) in [7, 11) is 0. The molecule has 120 valence electrons. The molecule has 0 aliphatic rings. The van der Waals surface area contributed by atoms with E-state index in [9.17, 15) is 0 Å². The van der Waals surface area contributed by atoms with Crippen LogP contribution in [0.3, 0.4) is 0 Å². The molecule has 0 saturated heterocycles. The number of halogens is 1. The Morgan fingerprint density at radius 1 is 1.19 bits per heavy atom. The summed E-state index contributed by atoms with van der Waals surface area (Å²) in [4.78, 5) is 4.29. The van der Waals surface area contributed by atoms with Crippen molar-refractivity contribution in [3.05, 3.63) is 29.8 Å². The van der Waals surface area contributed by atoms with Gasteiger partial charge in [0.1, 0.15) is 5.75 Å². The lowest BCUT2D eigenvalue weighted by Crippen LogP contribution is -2.36. The Balaban J connectivity index is 0.00000400. The molecule has 0 atom stereocenters. The number of aliphatic imine (C=N–C) groups is 1. The summed E-state index contributed by atoms with van der Waals surface area (Å²) < 4.78 is 5.65. The second-order valence-electron chi connectivity index (χ2n) is 5.66. The number of benzene rings is 1. The lowest BCUT2D eigenvalue weighted by atomic mass is 10.1. The summed E-state index contributed by atoms with van der Waals surface area (Å²) in [5.74, 6) is 1.98. The van der Waals surface area contributed by atoms with Crippen LogP contribution in [0.25, 0.3) is 0 Å². The number of hydrogen-bond acceptors (Lipinski definition) is 2. The SMILES string of the molecule is CC(C)COc1ccc(CCN=C(N)NC(C)C)cc1.I. The van der Waals surface area contributed by atoms with E-state index in [1.165, 1.54) is 5.56 Å². The summed E-state index contributed by atoms with van der Waals surface area (Å²) in [5.41, 5.74) is 6.99. The minimum Gasteiger partial charge on any atom is -0.493 e. The second-order valence-corrected chi connectivity index (χ2v) is 5.66. The van der Waals surface area contributed by atoms with E-state index in [4.69, 9.17) is 10.5 Å². The highest BCUT2D eigenvalue weighted by atomic mass is 127. The van der Waals surface area contributed by atoms with Crippen LogP contribution in [0.15, 0.2) is 29.3 Å². The first kappa shape index (κ1) is 20.0. The second kappa shape index (κ2) is 10.7. The van der Waals surface area contributed by atoms with Crippen molar-refractivity contribution in [3.63, 3.8) is 0 Å². The van der Waals surface area contributed by atoms with Crippen LogP contribution in [0.5, 0.6) is 5.75 Å². The van der Waals surface area contributed by atoms with Gasteiger partial charge >= 0.3 is 0 Å². The van der Waals surface area contributed by atoms with Crippen LogP contribution in [0.4, 0.5) is 0 Å². The Morgan fingerprint density at radius 2 is 1.81 bits per heavy atom. The molecule has 1 aromatic carbocycles. The van der Waals surface area contributed by atoms with Crippen LogP contribution in [-0.2, 0) is 6.42 Å². The maximum atomic E-state index is 5.75. The van der Waals surface area contributed by atoms with Gasteiger partial charge in [0.2, 0.25) is 0 Å². The number of nitrogens with one attached hydrogen (secondary N) is 1. The molecule has 0 saturated carbocycles. The van der Waals surface area contributed by atoms with Gasteiger partial charge in [0.05, 0.1) is 6.61 Å². The van der Waals surface area contributed by atoms with Gasteiger partial charge in [-0.2, -0.15) is 0 Å². The highest BCUT2D eigenvalue weighted by Gasteiger charge is 1.99. The molecule has 0 amide bonds. The Hall–Kier alpha value is -0.980. The molecule has 1 aromatic rings. The first-order valence-electron chi connectivity index (χ1n) is 7.25. The molecule has 3 N–H and O–H groups in total. The van der Waals surface area contributed by atoms with Gasteiger partial charge in [-0.25, -0.2) is 0 Å². The van der Waals surface area contributed by atoms with Crippen LogP contribution < -0.4 is 15.8 Å². The average Bonchev–Trinajstić information content (AvgIpc) is 2.37. The monoisotopic (exact) mass is 405 g/mol. The van der Waals surface area contributed by atoms with Crippen LogP contribution in [0.2, 0.25) is 0 Å². The van der Waals surface area contributed by atoms with Crippen molar-refractivity contribution in [2.75, 3.05) is 13.2 Å². The topological polar surface area (TPSA) is 59.6 Å². The zero-order valence-corrected chi connectivity index (χ0v) is 15.8. The fourth-order valence-corrected chi connectivity index (χ4v) is 1.66. The van der Waals surface area contributed by atoms with E-state index < -0.39 is 0 Å². The van der Waals surface area contributed by atoms with Crippen molar-refractivity contribution >= 4 is 29.9 Å². The molecule has 0 radical (unpaired) electrons. The van der Waals surface area contributed by atoms with Crippen LogP contribution in [0.1, 0.15) is 33.3 Å². The van der Waals surface area contributed by atoms with Crippen LogP contribution >= 0.6 is 24.0 Å². The molecule has 0 aliphatic carbocycles. The minimum atomic E-state index is 0. The zero-order valence-electron chi connectivity index (χ0n) is 13.4. The third-order valence-corrected chi connectivity index (χ3v) is 2.63. The van der Waals surface area contributed by atoms with E-state index >= 15 is 0 Å². The number of nitrogens with zero attached hydrogens (tertiary/aromatic N) is 1. The molecule has 0 aliphatic heterocycles. The van der Waals surface area contributed by atoms with Crippen LogP contribution in [-0.4, -0.2) is 25.2 Å². The fraction of sp³-hybridized carbons (Fsp3) is 0.562. The molecule has 21 heavy (non-hydrogen) atoms. The summed E-state index contributed by atoms with van der Waals surface area (Å²) in [6.45, 7) is 9.80. The van der Waals surface area contributed by atoms with Gasteiger partial charge in [0, 0.05) is 12.6 Å². The van der Waals surface area contributed by atoms with Gasteiger partial charge in [-0.3, -0.25) is 4.99 Å². The first-order chi connectivity index (χ1) is 9.47. The number of guanidine groups is 1. The minimum absolute atomic E-state index is 0.